The predicted molar refractivity (Wildman–Crippen MR) is 111 cm³/mol. The highest BCUT2D eigenvalue weighted by Gasteiger charge is 2.38. The smallest absolute Gasteiger partial charge is 0.322 e. The number of halogens is 6. The average molecular weight is 479 g/mol. The third kappa shape index (κ3) is 5.88. The van der Waals surface area contributed by atoms with Gasteiger partial charge in [-0.25, -0.2) is 13.8 Å². The van der Waals surface area contributed by atoms with Crippen molar-refractivity contribution >= 4 is 35.0 Å². The van der Waals surface area contributed by atoms with E-state index in [0.717, 1.165) is 12.1 Å². The summed E-state index contributed by atoms with van der Waals surface area (Å²) in [4.78, 5) is 17.1. The molecule has 1 heterocycles. The average Bonchev–Trinajstić information content (AvgIpc) is 2.87. The molecule has 1 aliphatic carbocycles. The minimum Gasteiger partial charge on any atom is -0.322 e. The molecule has 1 aromatic carbocycles. The van der Waals surface area contributed by atoms with Crippen LogP contribution in [0.1, 0.15) is 59.5 Å². The summed E-state index contributed by atoms with van der Waals surface area (Å²) in [6.07, 6.45) is -1.78. The first-order valence-corrected chi connectivity index (χ1v) is 11.2. The minimum atomic E-state index is -4.73. The molecule has 1 aliphatic rings. The summed E-state index contributed by atoms with van der Waals surface area (Å²) >= 11 is 7.23. The molecular weight excluding hydrogens is 459 g/mol. The highest BCUT2D eigenvalue weighted by atomic mass is 35.5. The Morgan fingerprint density at radius 3 is 2.65 bits per heavy atom. The van der Waals surface area contributed by atoms with E-state index in [1.54, 1.807) is 12.1 Å². The van der Waals surface area contributed by atoms with Crippen LogP contribution in [0.25, 0.3) is 0 Å². The summed E-state index contributed by atoms with van der Waals surface area (Å²) in [6.45, 7) is 0. The molecule has 2 aromatic rings. The van der Waals surface area contributed by atoms with Crippen LogP contribution in [0.15, 0.2) is 35.5 Å². The van der Waals surface area contributed by atoms with Crippen molar-refractivity contribution in [2.75, 3.05) is 11.6 Å². The van der Waals surface area contributed by atoms with Gasteiger partial charge in [0.1, 0.15) is 0 Å². The number of carbonyl (C=O) groups is 1. The van der Waals surface area contributed by atoms with Gasteiger partial charge in [-0.15, -0.1) is 11.8 Å². The van der Waals surface area contributed by atoms with E-state index in [1.807, 2.05) is 6.26 Å². The Morgan fingerprint density at radius 2 is 1.97 bits per heavy atom. The van der Waals surface area contributed by atoms with Crippen molar-refractivity contribution in [2.24, 2.45) is 0 Å². The highest BCUT2D eigenvalue weighted by Crippen LogP contribution is 2.43. The fourth-order valence-corrected chi connectivity index (χ4v) is 4.39. The zero-order valence-corrected chi connectivity index (χ0v) is 18.1. The molecule has 0 bridgehead atoms. The molecule has 1 fully saturated rings. The zero-order chi connectivity index (χ0) is 22.8. The SMILES string of the molecule is CSc1cc(NC(=O)c2cc(Cl)c(C(F)(F)F)cc2C2CCCC(F)(F)CC2)ccn1. The van der Waals surface area contributed by atoms with Crippen LogP contribution >= 0.6 is 23.4 Å². The standard InChI is InChI=1S/C21H20ClF5N2OS/c1-31-18-9-13(5-8-28-18)29-19(30)15-11-17(22)16(21(25,26)27)10-14(15)12-3-2-6-20(23,24)7-4-12/h5,8-12H,2-4,6-7H2,1H3,(H,28,29,30). The largest absolute Gasteiger partial charge is 0.417 e. The summed E-state index contributed by atoms with van der Waals surface area (Å²) in [5, 5.41) is 2.69. The van der Waals surface area contributed by atoms with Crippen LogP contribution in [0.3, 0.4) is 0 Å². The van der Waals surface area contributed by atoms with E-state index in [9.17, 15) is 26.7 Å². The molecule has 1 saturated carbocycles. The number of thioether (sulfide) groups is 1. The normalized spacial score (nSPS) is 19.0. The summed E-state index contributed by atoms with van der Waals surface area (Å²) in [6, 6.07) is 5.00. The summed E-state index contributed by atoms with van der Waals surface area (Å²) in [7, 11) is 0. The number of alkyl halides is 5. The van der Waals surface area contributed by atoms with E-state index >= 15 is 0 Å². The maximum absolute atomic E-state index is 13.8. The first-order valence-electron chi connectivity index (χ1n) is 9.60. The first-order chi connectivity index (χ1) is 14.5. The van der Waals surface area contributed by atoms with Crippen LogP contribution < -0.4 is 5.32 Å². The molecule has 168 valence electrons. The molecule has 1 atom stereocenters. The molecule has 0 aliphatic heterocycles. The molecule has 0 radical (unpaired) electrons. The van der Waals surface area contributed by atoms with Crippen molar-refractivity contribution in [3.8, 4) is 0 Å². The van der Waals surface area contributed by atoms with Crippen molar-refractivity contribution in [1.29, 1.82) is 0 Å². The predicted octanol–water partition coefficient (Wildman–Crippen LogP) is 7.41. The number of benzene rings is 1. The van der Waals surface area contributed by atoms with E-state index in [1.165, 1.54) is 18.0 Å². The van der Waals surface area contributed by atoms with Gasteiger partial charge in [0.25, 0.3) is 5.91 Å². The Labute approximate surface area is 185 Å². The second-order valence-corrected chi connectivity index (χ2v) is 8.68. The highest BCUT2D eigenvalue weighted by molar-refractivity contribution is 7.98. The van der Waals surface area contributed by atoms with Crippen molar-refractivity contribution in [2.45, 2.75) is 55.1 Å². The van der Waals surface area contributed by atoms with E-state index in [2.05, 4.69) is 10.3 Å². The lowest BCUT2D eigenvalue weighted by Gasteiger charge is -2.21. The van der Waals surface area contributed by atoms with Gasteiger partial charge in [-0.1, -0.05) is 11.6 Å². The van der Waals surface area contributed by atoms with Crippen LogP contribution in [0.4, 0.5) is 27.6 Å². The number of carbonyl (C=O) groups excluding carboxylic acids is 1. The van der Waals surface area contributed by atoms with Gasteiger partial charge in [-0.05, 0) is 61.3 Å². The van der Waals surface area contributed by atoms with Gasteiger partial charge in [-0.3, -0.25) is 4.79 Å². The number of aromatic nitrogens is 1. The molecule has 10 heteroatoms. The Bertz CT molecular complexity index is 967. The van der Waals surface area contributed by atoms with E-state index in [-0.39, 0.29) is 36.8 Å². The summed E-state index contributed by atoms with van der Waals surface area (Å²) in [5.41, 5.74) is -0.620. The number of pyridine rings is 1. The number of rotatable bonds is 4. The fourth-order valence-electron chi connectivity index (χ4n) is 3.71. The monoisotopic (exact) mass is 478 g/mol. The first kappa shape index (κ1) is 23.8. The molecule has 3 rings (SSSR count). The third-order valence-electron chi connectivity index (χ3n) is 5.28. The Morgan fingerprint density at radius 1 is 1.23 bits per heavy atom. The molecule has 0 spiro atoms. The van der Waals surface area contributed by atoms with Crippen LogP contribution in [0.2, 0.25) is 5.02 Å². The molecular formula is C21H20ClF5N2OS. The zero-order valence-electron chi connectivity index (χ0n) is 16.5. The maximum Gasteiger partial charge on any atom is 0.417 e. The summed E-state index contributed by atoms with van der Waals surface area (Å²) < 4.78 is 68.0. The Balaban J connectivity index is 2.01. The second kappa shape index (κ2) is 9.32. The lowest BCUT2D eigenvalue weighted by atomic mass is 9.86. The van der Waals surface area contributed by atoms with Crippen LogP contribution in [-0.2, 0) is 6.18 Å². The molecule has 3 nitrogen and oxygen atoms in total. The quantitative estimate of drug-likeness (QED) is 0.282. The number of nitrogens with one attached hydrogen (secondary N) is 1. The van der Waals surface area contributed by atoms with Crippen LogP contribution in [0.5, 0.6) is 0 Å². The number of hydrogen-bond acceptors (Lipinski definition) is 3. The van der Waals surface area contributed by atoms with Crippen LogP contribution in [-0.4, -0.2) is 23.1 Å². The number of nitrogens with zero attached hydrogens (tertiary/aromatic N) is 1. The lowest BCUT2D eigenvalue weighted by Crippen LogP contribution is -2.18. The van der Waals surface area contributed by atoms with Gasteiger partial charge in [0.05, 0.1) is 15.6 Å². The van der Waals surface area contributed by atoms with Crippen LogP contribution in [0, 0.1) is 0 Å². The van der Waals surface area contributed by atoms with Crippen molar-refractivity contribution in [3.05, 3.63) is 52.2 Å². The number of hydrogen-bond donors (Lipinski definition) is 1. The maximum atomic E-state index is 13.8. The molecule has 1 amide bonds. The van der Waals surface area contributed by atoms with E-state index < -0.39 is 40.9 Å². The van der Waals surface area contributed by atoms with E-state index in [0.29, 0.717) is 10.7 Å². The second-order valence-electron chi connectivity index (χ2n) is 7.44. The fraction of sp³-hybridized carbons (Fsp3) is 0.429. The molecule has 1 aromatic heterocycles. The molecule has 1 N–H and O–H groups in total. The Kier molecular flexibility index (Phi) is 7.15. The van der Waals surface area contributed by atoms with Gasteiger partial charge in [-0.2, -0.15) is 13.2 Å². The summed E-state index contributed by atoms with van der Waals surface area (Å²) in [5.74, 6) is -4.12. The number of amides is 1. The van der Waals surface area contributed by atoms with Gasteiger partial charge < -0.3 is 5.32 Å². The third-order valence-corrected chi connectivity index (χ3v) is 6.24. The molecule has 1 unspecified atom stereocenters. The van der Waals surface area contributed by atoms with Gasteiger partial charge in [0, 0.05) is 30.3 Å². The number of anilines is 1. The van der Waals surface area contributed by atoms with Crippen molar-refractivity contribution in [1.82, 2.24) is 4.98 Å². The topological polar surface area (TPSA) is 42.0 Å². The van der Waals surface area contributed by atoms with E-state index in [4.69, 9.17) is 11.6 Å². The molecule has 0 saturated heterocycles. The van der Waals surface area contributed by atoms with Gasteiger partial charge in [0.2, 0.25) is 5.92 Å². The minimum absolute atomic E-state index is 0.0158. The van der Waals surface area contributed by atoms with Crippen molar-refractivity contribution in [3.63, 3.8) is 0 Å². The lowest BCUT2D eigenvalue weighted by molar-refractivity contribution is -0.137. The van der Waals surface area contributed by atoms with Gasteiger partial charge >= 0.3 is 6.18 Å². The van der Waals surface area contributed by atoms with Gasteiger partial charge in [0.15, 0.2) is 0 Å². The molecule has 31 heavy (non-hydrogen) atoms. The Hall–Kier alpha value is -1.87. The van der Waals surface area contributed by atoms with Crippen molar-refractivity contribution < 1.29 is 26.7 Å².